The summed E-state index contributed by atoms with van der Waals surface area (Å²) in [4.78, 5) is 28.4. The number of thiophene rings is 1. The molecule has 6 heteroatoms. The summed E-state index contributed by atoms with van der Waals surface area (Å²) < 4.78 is 5.67. The van der Waals surface area contributed by atoms with Crippen molar-refractivity contribution in [3.63, 3.8) is 0 Å². The molecule has 5 nitrogen and oxygen atoms in total. The Morgan fingerprint density at radius 3 is 2.91 bits per heavy atom. The third-order valence-electron chi connectivity index (χ3n) is 3.35. The van der Waals surface area contributed by atoms with Crippen molar-refractivity contribution in [3.8, 4) is 0 Å². The fourth-order valence-electron chi connectivity index (χ4n) is 2.19. The van der Waals surface area contributed by atoms with Gasteiger partial charge in [-0.2, -0.15) is 0 Å². The zero-order valence-electron chi connectivity index (χ0n) is 12.4. The highest BCUT2D eigenvalue weighted by Crippen LogP contribution is 2.24. The average Bonchev–Trinajstić information content (AvgIpc) is 3.03. The van der Waals surface area contributed by atoms with E-state index in [9.17, 15) is 9.59 Å². The second kappa shape index (κ2) is 6.58. The van der Waals surface area contributed by atoms with Crippen molar-refractivity contribution >= 4 is 33.3 Å². The summed E-state index contributed by atoms with van der Waals surface area (Å²) in [7, 11) is 1.34. The summed E-state index contributed by atoms with van der Waals surface area (Å²) in [5.41, 5.74) is 1.30. The van der Waals surface area contributed by atoms with Crippen LogP contribution in [0.5, 0.6) is 0 Å². The molecular formula is C17H14N2O3S. The van der Waals surface area contributed by atoms with Gasteiger partial charge in [0.2, 0.25) is 0 Å². The van der Waals surface area contributed by atoms with E-state index in [4.69, 9.17) is 0 Å². The van der Waals surface area contributed by atoms with Gasteiger partial charge in [0.15, 0.2) is 0 Å². The molecule has 2 heterocycles. The Bertz CT molecular complexity index is 840. The van der Waals surface area contributed by atoms with Crippen molar-refractivity contribution in [2.45, 2.75) is 6.54 Å². The molecule has 23 heavy (non-hydrogen) atoms. The van der Waals surface area contributed by atoms with Crippen molar-refractivity contribution in [1.29, 1.82) is 0 Å². The van der Waals surface area contributed by atoms with Crippen LogP contribution in [0.1, 0.15) is 25.6 Å². The number of benzene rings is 1. The lowest BCUT2D eigenvalue weighted by Crippen LogP contribution is -2.21. The zero-order chi connectivity index (χ0) is 16.2. The molecule has 0 radical (unpaired) electrons. The molecule has 0 bridgehead atoms. The van der Waals surface area contributed by atoms with Crippen LogP contribution in [0.15, 0.2) is 48.8 Å². The second-order valence-corrected chi connectivity index (χ2v) is 5.98. The van der Waals surface area contributed by atoms with Crippen molar-refractivity contribution in [2.24, 2.45) is 0 Å². The van der Waals surface area contributed by atoms with Crippen LogP contribution >= 0.6 is 11.3 Å². The first kappa shape index (κ1) is 15.2. The maximum Gasteiger partial charge on any atom is 0.337 e. The molecule has 1 aromatic carbocycles. The number of hydrogen-bond acceptors (Lipinski definition) is 5. The summed E-state index contributed by atoms with van der Waals surface area (Å²) >= 11 is 1.40. The standard InChI is InChI=1S/C17H14N2O3S/c1-22-17(21)13-4-2-3-11(7-13)9-19-16(20)14-8-12-5-6-18-10-15(12)23-14/h2-8,10H,9H2,1H3,(H,19,20). The van der Waals surface area contributed by atoms with E-state index in [1.165, 1.54) is 18.4 Å². The van der Waals surface area contributed by atoms with Gasteiger partial charge < -0.3 is 10.1 Å². The Hall–Kier alpha value is -2.73. The zero-order valence-corrected chi connectivity index (χ0v) is 13.2. The van der Waals surface area contributed by atoms with Gasteiger partial charge in [-0.25, -0.2) is 4.79 Å². The molecule has 2 aromatic heterocycles. The van der Waals surface area contributed by atoms with Crippen LogP contribution in [0.25, 0.3) is 10.1 Å². The fourth-order valence-corrected chi connectivity index (χ4v) is 3.14. The van der Waals surface area contributed by atoms with Gasteiger partial charge in [0.1, 0.15) is 0 Å². The summed E-state index contributed by atoms with van der Waals surface area (Å²) in [6, 6.07) is 10.7. The number of aromatic nitrogens is 1. The minimum Gasteiger partial charge on any atom is -0.465 e. The molecule has 0 saturated carbocycles. The third kappa shape index (κ3) is 3.37. The molecule has 0 unspecified atom stereocenters. The van der Waals surface area contributed by atoms with Gasteiger partial charge in [-0.3, -0.25) is 9.78 Å². The van der Waals surface area contributed by atoms with E-state index in [1.807, 2.05) is 18.2 Å². The van der Waals surface area contributed by atoms with Crippen LogP contribution in [-0.2, 0) is 11.3 Å². The Morgan fingerprint density at radius 1 is 1.26 bits per heavy atom. The van der Waals surface area contributed by atoms with E-state index in [0.29, 0.717) is 17.0 Å². The van der Waals surface area contributed by atoms with E-state index in [1.54, 1.807) is 30.6 Å². The number of amides is 1. The number of carbonyl (C=O) groups is 2. The van der Waals surface area contributed by atoms with Crippen LogP contribution in [0.4, 0.5) is 0 Å². The molecular weight excluding hydrogens is 312 g/mol. The lowest BCUT2D eigenvalue weighted by Gasteiger charge is -2.05. The third-order valence-corrected chi connectivity index (χ3v) is 4.43. The van der Waals surface area contributed by atoms with Gasteiger partial charge in [-0.1, -0.05) is 12.1 Å². The molecule has 116 valence electrons. The minimum absolute atomic E-state index is 0.144. The summed E-state index contributed by atoms with van der Waals surface area (Å²) in [6.07, 6.45) is 3.45. The second-order valence-electron chi connectivity index (χ2n) is 4.90. The first-order chi connectivity index (χ1) is 11.2. The van der Waals surface area contributed by atoms with Crippen LogP contribution in [0, 0.1) is 0 Å². The first-order valence-corrected chi connectivity index (χ1v) is 7.78. The topological polar surface area (TPSA) is 68.3 Å². The summed E-state index contributed by atoms with van der Waals surface area (Å²) in [5, 5.41) is 3.86. The van der Waals surface area contributed by atoms with Gasteiger partial charge in [-0.15, -0.1) is 11.3 Å². The number of methoxy groups -OCH3 is 1. The number of rotatable bonds is 4. The molecule has 1 N–H and O–H groups in total. The maximum atomic E-state index is 12.2. The van der Waals surface area contributed by atoms with Crippen LogP contribution in [0.3, 0.4) is 0 Å². The Balaban J connectivity index is 1.70. The maximum absolute atomic E-state index is 12.2. The quantitative estimate of drug-likeness (QED) is 0.748. The first-order valence-electron chi connectivity index (χ1n) is 6.96. The predicted octanol–water partition coefficient (Wildman–Crippen LogP) is 3.01. The highest BCUT2D eigenvalue weighted by atomic mass is 32.1. The molecule has 1 amide bonds. The van der Waals surface area contributed by atoms with E-state index < -0.39 is 5.97 Å². The van der Waals surface area contributed by atoms with Crippen molar-refractivity contribution in [3.05, 3.63) is 64.8 Å². The fraction of sp³-hybridized carbons (Fsp3) is 0.118. The van der Waals surface area contributed by atoms with Crippen molar-refractivity contribution < 1.29 is 14.3 Å². The van der Waals surface area contributed by atoms with Gasteiger partial charge >= 0.3 is 5.97 Å². The molecule has 0 fully saturated rings. The van der Waals surface area contributed by atoms with Gasteiger partial charge in [0.25, 0.3) is 5.91 Å². The highest BCUT2D eigenvalue weighted by molar-refractivity contribution is 7.20. The number of ether oxygens (including phenoxy) is 1. The van der Waals surface area contributed by atoms with E-state index in [-0.39, 0.29) is 5.91 Å². The summed E-state index contributed by atoms with van der Waals surface area (Å²) in [6.45, 7) is 0.343. The number of pyridine rings is 1. The van der Waals surface area contributed by atoms with E-state index >= 15 is 0 Å². The number of nitrogens with zero attached hydrogens (tertiary/aromatic N) is 1. The van der Waals surface area contributed by atoms with Crippen molar-refractivity contribution in [2.75, 3.05) is 7.11 Å². The number of hydrogen-bond donors (Lipinski definition) is 1. The minimum atomic E-state index is -0.393. The smallest absolute Gasteiger partial charge is 0.337 e. The highest BCUT2D eigenvalue weighted by Gasteiger charge is 2.11. The predicted molar refractivity (Wildman–Crippen MR) is 88.6 cm³/mol. The van der Waals surface area contributed by atoms with Crippen LogP contribution in [-0.4, -0.2) is 24.0 Å². The average molecular weight is 326 g/mol. The Labute approximate surface area is 136 Å². The molecule has 0 spiro atoms. The number of fused-ring (bicyclic) bond motifs is 1. The number of carbonyl (C=O) groups excluding carboxylic acids is 2. The molecule has 0 saturated heterocycles. The largest absolute Gasteiger partial charge is 0.465 e. The van der Waals surface area contributed by atoms with E-state index in [2.05, 4.69) is 15.0 Å². The summed E-state index contributed by atoms with van der Waals surface area (Å²) in [5.74, 6) is -0.537. The van der Waals surface area contributed by atoms with Crippen molar-refractivity contribution in [1.82, 2.24) is 10.3 Å². The monoisotopic (exact) mass is 326 g/mol. The SMILES string of the molecule is COC(=O)c1cccc(CNC(=O)c2cc3ccncc3s2)c1. The molecule has 3 rings (SSSR count). The van der Waals surface area contributed by atoms with Gasteiger partial charge in [-0.05, 0) is 35.2 Å². The normalized spacial score (nSPS) is 10.5. The molecule has 3 aromatic rings. The Kier molecular flexibility index (Phi) is 4.34. The molecule has 0 atom stereocenters. The van der Waals surface area contributed by atoms with E-state index in [0.717, 1.165) is 15.6 Å². The van der Waals surface area contributed by atoms with Gasteiger partial charge in [0, 0.05) is 18.9 Å². The van der Waals surface area contributed by atoms with Crippen LogP contribution < -0.4 is 5.32 Å². The van der Waals surface area contributed by atoms with Gasteiger partial charge in [0.05, 0.1) is 22.3 Å². The Morgan fingerprint density at radius 2 is 2.13 bits per heavy atom. The lowest BCUT2D eigenvalue weighted by atomic mass is 10.1. The molecule has 0 aliphatic rings. The molecule has 0 aliphatic carbocycles. The molecule has 0 aliphatic heterocycles. The van der Waals surface area contributed by atoms with Crippen LogP contribution in [0.2, 0.25) is 0 Å². The number of nitrogens with one attached hydrogen (secondary N) is 1. The number of esters is 1. The lowest BCUT2D eigenvalue weighted by molar-refractivity contribution is 0.0600.